The maximum atomic E-state index is 13.1. The van der Waals surface area contributed by atoms with Gasteiger partial charge in [0.15, 0.2) is 11.5 Å². The molecule has 1 amide bonds. The summed E-state index contributed by atoms with van der Waals surface area (Å²) in [7, 11) is 0. The van der Waals surface area contributed by atoms with Gasteiger partial charge >= 0.3 is 0 Å². The Morgan fingerprint density at radius 2 is 1.71 bits per heavy atom. The van der Waals surface area contributed by atoms with Gasteiger partial charge in [0.1, 0.15) is 5.82 Å². The van der Waals surface area contributed by atoms with Crippen molar-refractivity contribution in [3.05, 3.63) is 102 Å². The molecule has 0 bridgehead atoms. The molecule has 0 aliphatic heterocycles. The normalized spacial score (nSPS) is 10.9. The first-order valence-corrected chi connectivity index (χ1v) is 10.6. The molecule has 0 aliphatic carbocycles. The van der Waals surface area contributed by atoms with E-state index in [4.69, 9.17) is 5.73 Å². The Hall–Kier alpha value is -4.72. The first kappa shape index (κ1) is 21.1. The van der Waals surface area contributed by atoms with E-state index in [0.717, 1.165) is 28.2 Å². The molecule has 0 saturated heterocycles. The van der Waals surface area contributed by atoms with Crippen LogP contribution in [0, 0.1) is 5.82 Å². The average molecular weight is 450 g/mol. The first-order valence-electron chi connectivity index (χ1n) is 10.6. The summed E-state index contributed by atoms with van der Waals surface area (Å²) in [5, 5.41) is 3.66. The number of carbonyl (C=O) groups excluding carboxylic acids is 1. The number of aromatic nitrogens is 4. The third-order valence-corrected chi connectivity index (χ3v) is 5.28. The Bertz CT molecular complexity index is 1490. The van der Waals surface area contributed by atoms with Crippen molar-refractivity contribution in [1.29, 1.82) is 0 Å². The van der Waals surface area contributed by atoms with Crippen molar-refractivity contribution in [2.45, 2.75) is 6.54 Å². The number of fused-ring (bicyclic) bond motifs is 1. The van der Waals surface area contributed by atoms with Gasteiger partial charge in [-0.2, -0.15) is 0 Å². The minimum atomic E-state index is -0.501. The van der Waals surface area contributed by atoms with E-state index in [2.05, 4.69) is 25.3 Å². The van der Waals surface area contributed by atoms with Gasteiger partial charge in [-0.25, -0.2) is 14.4 Å². The molecule has 0 atom stereocenters. The van der Waals surface area contributed by atoms with Crippen molar-refractivity contribution in [1.82, 2.24) is 25.3 Å². The van der Waals surface area contributed by atoms with Gasteiger partial charge in [0.05, 0.1) is 35.3 Å². The third kappa shape index (κ3) is 4.29. The predicted octanol–water partition coefficient (Wildman–Crippen LogP) is 4.41. The van der Waals surface area contributed by atoms with Crippen molar-refractivity contribution in [3.8, 4) is 22.5 Å². The number of hydrogen-bond acceptors (Lipinski definition) is 6. The zero-order valence-corrected chi connectivity index (χ0v) is 17.9. The molecule has 166 valence electrons. The maximum Gasteiger partial charge on any atom is 0.274 e. The Morgan fingerprint density at radius 3 is 2.50 bits per heavy atom. The van der Waals surface area contributed by atoms with Crippen LogP contribution >= 0.6 is 0 Å². The molecule has 5 rings (SSSR count). The number of amides is 1. The van der Waals surface area contributed by atoms with Crippen LogP contribution in [0.2, 0.25) is 0 Å². The fourth-order valence-corrected chi connectivity index (χ4v) is 3.60. The standard InChI is InChI=1S/C26H19FN6O/c27-19-9-10-20(30-14-19)15-31-26(34)24-25(28)33-22(16-5-2-1-3-6-16)23(32-24)18-8-11-21-17(13-18)7-4-12-29-21/h1-14H,15H2,(H2,28,33)(H,31,34). The fourth-order valence-electron chi connectivity index (χ4n) is 3.60. The van der Waals surface area contributed by atoms with Crippen LogP contribution in [0.25, 0.3) is 33.4 Å². The highest BCUT2D eigenvalue weighted by Crippen LogP contribution is 2.32. The third-order valence-electron chi connectivity index (χ3n) is 5.28. The van der Waals surface area contributed by atoms with Crippen LogP contribution in [0.4, 0.5) is 10.2 Å². The zero-order chi connectivity index (χ0) is 23.5. The van der Waals surface area contributed by atoms with Crippen molar-refractivity contribution in [2.24, 2.45) is 0 Å². The van der Waals surface area contributed by atoms with Gasteiger partial charge in [-0.1, -0.05) is 42.5 Å². The lowest BCUT2D eigenvalue weighted by atomic mass is 10.0. The molecule has 0 unspecified atom stereocenters. The van der Waals surface area contributed by atoms with E-state index in [1.807, 2.05) is 60.7 Å². The van der Waals surface area contributed by atoms with Gasteiger partial charge in [0, 0.05) is 22.7 Å². The van der Waals surface area contributed by atoms with E-state index >= 15 is 0 Å². The number of halogens is 1. The molecule has 0 saturated carbocycles. The summed E-state index contributed by atoms with van der Waals surface area (Å²) in [6, 6.07) is 21.9. The van der Waals surface area contributed by atoms with Crippen molar-refractivity contribution in [3.63, 3.8) is 0 Å². The van der Waals surface area contributed by atoms with Gasteiger partial charge in [0.2, 0.25) is 0 Å². The molecular weight excluding hydrogens is 431 g/mol. The average Bonchev–Trinajstić information content (AvgIpc) is 2.88. The van der Waals surface area contributed by atoms with Gasteiger partial charge in [0.25, 0.3) is 5.91 Å². The molecule has 3 N–H and O–H groups in total. The Morgan fingerprint density at radius 1 is 0.882 bits per heavy atom. The number of anilines is 1. The quantitative estimate of drug-likeness (QED) is 0.411. The SMILES string of the molecule is Nc1nc(-c2ccccc2)c(-c2ccc3ncccc3c2)nc1C(=O)NCc1ccc(F)cn1. The van der Waals surface area contributed by atoms with Crippen LogP contribution in [0.5, 0.6) is 0 Å². The van der Waals surface area contributed by atoms with Crippen LogP contribution < -0.4 is 11.1 Å². The van der Waals surface area contributed by atoms with E-state index in [9.17, 15) is 9.18 Å². The highest BCUT2D eigenvalue weighted by atomic mass is 19.1. The Kier molecular flexibility index (Phi) is 5.61. The molecule has 7 nitrogen and oxygen atoms in total. The lowest BCUT2D eigenvalue weighted by Gasteiger charge is -2.13. The van der Waals surface area contributed by atoms with Crippen molar-refractivity contribution in [2.75, 3.05) is 5.73 Å². The summed E-state index contributed by atoms with van der Waals surface area (Å²) >= 11 is 0. The largest absolute Gasteiger partial charge is 0.382 e. The van der Waals surface area contributed by atoms with Gasteiger partial charge in [-0.3, -0.25) is 14.8 Å². The number of nitrogens with zero attached hydrogens (tertiary/aromatic N) is 4. The van der Waals surface area contributed by atoms with Crippen LogP contribution in [0.3, 0.4) is 0 Å². The van der Waals surface area contributed by atoms with Crippen LogP contribution in [0.1, 0.15) is 16.2 Å². The van der Waals surface area contributed by atoms with Gasteiger partial charge < -0.3 is 11.1 Å². The van der Waals surface area contributed by atoms with E-state index in [1.165, 1.54) is 12.1 Å². The number of pyridine rings is 2. The first-order chi connectivity index (χ1) is 16.6. The molecule has 3 aromatic heterocycles. The molecule has 34 heavy (non-hydrogen) atoms. The minimum absolute atomic E-state index is 0.00285. The van der Waals surface area contributed by atoms with E-state index < -0.39 is 11.7 Å². The molecule has 8 heteroatoms. The van der Waals surface area contributed by atoms with Crippen molar-refractivity contribution >= 4 is 22.6 Å². The van der Waals surface area contributed by atoms with Crippen molar-refractivity contribution < 1.29 is 9.18 Å². The molecule has 2 aromatic carbocycles. The summed E-state index contributed by atoms with van der Waals surface area (Å²) in [4.78, 5) is 30.5. The monoisotopic (exact) mass is 450 g/mol. The lowest BCUT2D eigenvalue weighted by molar-refractivity contribution is 0.0946. The summed E-state index contributed by atoms with van der Waals surface area (Å²) in [5.74, 6) is -0.939. The van der Waals surface area contributed by atoms with Crippen LogP contribution in [-0.4, -0.2) is 25.8 Å². The summed E-state index contributed by atoms with van der Waals surface area (Å²) in [6.07, 6.45) is 2.83. The molecule has 5 aromatic rings. The number of rotatable bonds is 5. The second kappa shape index (κ2) is 9.03. The summed E-state index contributed by atoms with van der Waals surface area (Å²) in [5.41, 5.74) is 10.2. The Balaban J connectivity index is 1.56. The second-order valence-electron chi connectivity index (χ2n) is 7.58. The topological polar surface area (TPSA) is 107 Å². The highest BCUT2D eigenvalue weighted by Gasteiger charge is 2.20. The van der Waals surface area contributed by atoms with Gasteiger partial charge in [-0.15, -0.1) is 0 Å². The molecule has 3 heterocycles. The molecule has 0 fully saturated rings. The number of benzene rings is 2. The van der Waals surface area contributed by atoms with Gasteiger partial charge in [-0.05, 0) is 30.3 Å². The second-order valence-corrected chi connectivity index (χ2v) is 7.58. The number of hydrogen-bond donors (Lipinski definition) is 2. The minimum Gasteiger partial charge on any atom is -0.382 e. The number of nitrogen functional groups attached to an aromatic ring is 1. The van der Waals surface area contributed by atoms with Crippen LogP contribution in [-0.2, 0) is 6.54 Å². The van der Waals surface area contributed by atoms with E-state index in [-0.39, 0.29) is 18.1 Å². The summed E-state index contributed by atoms with van der Waals surface area (Å²) in [6.45, 7) is 0.0949. The number of nitrogens with two attached hydrogens (primary N) is 1. The fraction of sp³-hybridized carbons (Fsp3) is 0.0385. The van der Waals surface area contributed by atoms with E-state index in [1.54, 1.807) is 6.20 Å². The maximum absolute atomic E-state index is 13.1. The number of nitrogens with one attached hydrogen (secondary N) is 1. The number of carbonyl (C=O) groups is 1. The Labute approximate surface area is 194 Å². The smallest absolute Gasteiger partial charge is 0.274 e. The molecular formula is C26H19FN6O. The van der Waals surface area contributed by atoms with E-state index in [0.29, 0.717) is 17.1 Å². The highest BCUT2D eigenvalue weighted by molar-refractivity contribution is 5.98. The molecule has 0 aliphatic rings. The lowest BCUT2D eigenvalue weighted by Crippen LogP contribution is -2.26. The molecule has 0 spiro atoms. The summed E-state index contributed by atoms with van der Waals surface area (Å²) < 4.78 is 13.1. The predicted molar refractivity (Wildman–Crippen MR) is 128 cm³/mol. The van der Waals surface area contributed by atoms with Crippen LogP contribution in [0.15, 0.2) is 85.2 Å². The zero-order valence-electron chi connectivity index (χ0n) is 17.9. The molecule has 0 radical (unpaired) electrons.